The first-order valence-corrected chi connectivity index (χ1v) is 11.1. The summed E-state index contributed by atoms with van der Waals surface area (Å²) in [6.07, 6.45) is 20.8. The normalized spacial score (nSPS) is 11.3. The Kier molecular flexibility index (Phi) is 10.7. The van der Waals surface area contributed by atoms with Gasteiger partial charge in [0.1, 0.15) is 0 Å². The second-order valence-electron chi connectivity index (χ2n) is 7.54. The largest absolute Gasteiger partial charge is 0.252 e. The molecule has 2 heterocycles. The summed E-state index contributed by atoms with van der Waals surface area (Å²) in [7, 11) is 0. The van der Waals surface area contributed by atoms with E-state index < -0.39 is 0 Å². The molecule has 0 unspecified atom stereocenters. The van der Waals surface area contributed by atoms with E-state index in [1.165, 1.54) is 70.6 Å². The van der Waals surface area contributed by atoms with Crippen LogP contribution in [-0.2, 0) is 25.9 Å². The summed E-state index contributed by atoms with van der Waals surface area (Å²) in [5, 5.41) is 16.6. The van der Waals surface area contributed by atoms with Crippen LogP contribution in [-0.4, -0.2) is 30.0 Å². The van der Waals surface area contributed by atoms with E-state index in [0.717, 1.165) is 37.3 Å². The molecular weight excluding hydrogens is 336 g/mol. The fourth-order valence-electron chi connectivity index (χ4n) is 3.36. The van der Waals surface area contributed by atoms with Crippen molar-refractivity contribution in [2.45, 2.75) is 110 Å². The van der Waals surface area contributed by atoms with Crippen LogP contribution < -0.4 is 0 Å². The number of nitrogens with zero attached hydrogens (tertiary/aromatic N) is 6. The minimum atomic E-state index is 0.974. The SMILES string of the molecule is CCc1cn(CCCCCCCCCCCCCn2cc(CC)nn2)nn1. The van der Waals surface area contributed by atoms with Crippen molar-refractivity contribution in [2.24, 2.45) is 0 Å². The third kappa shape index (κ3) is 9.16. The quantitative estimate of drug-likeness (QED) is 0.389. The van der Waals surface area contributed by atoms with E-state index in [4.69, 9.17) is 0 Å². The summed E-state index contributed by atoms with van der Waals surface area (Å²) in [4.78, 5) is 0. The van der Waals surface area contributed by atoms with Crippen molar-refractivity contribution in [2.75, 3.05) is 0 Å². The Hall–Kier alpha value is -1.72. The van der Waals surface area contributed by atoms with Gasteiger partial charge < -0.3 is 0 Å². The van der Waals surface area contributed by atoms with Gasteiger partial charge in [0.15, 0.2) is 0 Å². The van der Waals surface area contributed by atoms with Gasteiger partial charge in [-0.25, -0.2) is 0 Å². The van der Waals surface area contributed by atoms with Crippen molar-refractivity contribution < 1.29 is 0 Å². The van der Waals surface area contributed by atoms with Crippen molar-refractivity contribution >= 4 is 0 Å². The lowest BCUT2D eigenvalue weighted by Gasteiger charge is -2.03. The van der Waals surface area contributed by atoms with Crippen LogP contribution in [0, 0.1) is 0 Å². The molecule has 6 heteroatoms. The van der Waals surface area contributed by atoms with Crippen LogP contribution in [0.25, 0.3) is 0 Å². The average molecular weight is 375 g/mol. The maximum absolute atomic E-state index is 4.16. The lowest BCUT2D eigenvalue weighted by atomic mass is 10.1. The lowest BCUT2D eigenvalue weighted by Crippen LogP contribution is -1.98. The van der Waals surface area contributed by atoms with Gasteiger partial charge >= 0.3 is 0 Å². The van der Waals surface area contributed by atoms with Crippen LogP contribution >= 0.6 is 0 Å². The molecule has 0 atom stereocenters. The van der Waals surface area contributed by atoms with Gasteiger partial charge in [-0.15, -0.1) is 10.2 Å². The predicted molar refractivity (Wildman–Crippen MR) is 110 cm³/mol. The molecule has 2 aromatic heterocycles. The van der Waals surface area contributed by atoms with Crippen LogP contribution in [0.4, 0.5) is 0 Å². The topological polar surface area (TPSA) is 61.4 Å². The lowest BCUT2D eigenvalue weighted by molar-refractivity contribution is 0.496. The van der Waals surface area contributed by atoms with Gasteiger partial charge in [0.2, 0.25) is 0 Å². The molecule has 0 fully saturated rings. The van der Waals surface area contributed by atoms with Gasteiger partial charge in [-0.05, 0) is 25.7 Å². The van der Waals surface area contributed by atoms with Crippen molar-refractivity contribution in [3.05, 3.63) is 23.8 Å². The van der Waals surface area contributed by atoms with Crippen LogP contribution in [0.15, 0.2) is 12.4 Å². The highest BCUT2D eigenvalue weighted by Gasteiger charge is 1.99. The maximum atomic E-state index is 4.16. The van der Waals surface area contributed by atoms with Crippen molar-refractivity contribution in [3.8, 4) is 0 Å². The molecule has 0 aliphatic rings. The molecule has 0 N–H and O–H groups in total. The Morgan fingerprint density at radius 2 is 0.889 bits per heavy atom. The summed E-state index contributed by atoms with van der Waals surface area (Å²) in [5.41, 5.74) is 2.19. The number of hydrogen-bond acceptors (Lipinski definition) is 4. The second kappa shape index (κ2) is 13.4. The van der Waals surface area contributed by atoms with Gasteiger partial charge in [-0.1, -0.05) is 82.1 Å². The zero-order chi connectivity index (χ0) is 19.2. The first-order chi connectivity index (χ1) is 13.3. The monoisotopic (exact) mass is 374 g/mol. The van der Waals surface area contributed by atoms with Gasteiger partial charge in [-0.2, -0.15) is 0 Å². The minimum absolute atomic E-state index is 0.974. The molecule has 152 valence electrons. The molecule has 0 aromatic carbocycles. The molecule has 0 aliphatic carbocycles. The number of aryl methyl sites for hydroxylation is 4. The fraction of sp³-hybridized carbons (Fsp3) is 0.810. The highest BCUT2D eigenvalue weighted by Crippen LogP contribution is 2.12. The van der Waals surface area contributed by atoms with E-state index in [1.54, 1.807) is 0 Å². The van der Waals surface area contributed by atoms with Crippen LogP contribution in [0.5, 0.6) is 0 Å². The summed E-state index contributed by atoms with van der Waals surface area (Å²) >= 11 is 0. The molecule has 2 rings (SSSR count). The molecule has 0 radical (unpaired) electrons. The van der Waals surface area contributed by atoms with Gasteiger partial charge in [-0.3, -0.25) is 9.36 Å². The highest BCUT2D eigenvalue weighted by atomic mass is 15.4. The van der Waals surface area contributed by atoms with Crippen LogP contribution in [0.3, 0.4) is 0 Å². The van der Waals surface area contributed by atoms with Crippen molar-refractivity contribution in [1.29, 1.82) is 0 Å². The van der Waals surface area contributed by atoms with Gasteiger partial charge in [0.25, 0.3) is 0 Å². The minimum Gasteiger partial charge on any atom is -0.252 e. The van der Waals surface area contributed by atoms with E-state index >= 15 is 0 Å². The molecule has 27 heavy (non-hydrogen) atoms. The first-order valence-electron chi connectivity index (χ1n) is 11.1. The standard InChI is InChI=1S/C21H38N6/c1-3-20-18-26(24-22-20)16-14-12-10-8-6-5-7-9-11-13-15-17-27-19-21(4-2)23-25-27/h18-19H,3-17H2,1-2H3. The van der Waals surface area contributed by atoms with Crippen LogP contribution in [0.1, 0.15) is 95.9 Å². The molecule has 0 spiro atoms. The molecule has 2 aromatic rings. The Morgan fingerprint density at radius 3 is 1.19 bits per heavy atom. The molecule has 0 aliphatic heterocycles. The number of hydrogen-bond donors (Lipinski definition) is 0. The summed E-state index contributed by atoms with van der Waals surface area (Å²) in [6.45, 7) is 6.27. The number of rotatable bonds is 16. The van der Waals surface area contributed by atoms with Crippen molar-refractivity contribution in [1.82, 2.24) is 30.0 Å². The zero-order valence-electron chi connectivity index (χ0n) is 17.4. The molecular formula is C21H38N6. The third-order valence-corrected chi connectivity index (χ3v) is 5.17. The summed E-state index contributed by atoms with van der Waals surface area (Å²) < 4.78 is 3.98. The number of unbranched alkanes of at least 4 members (excludes halogenated alkanes) is 10. The second-order valence-corrected chi connectivity index (χ2v) is 7.54. The number of aromatic nitrogens is 6. The van der Waals surface area contributed by atoms with Gasteiger partial charge in [0, 0.05) is 25.5 Å². The molecule has 0 bridgehead atoms. The Bertz CT molecular complexity index is 551. The predicted octanol–water partition coefficient (Wildman–Crippen LogP) is 4.99. The van der Waals surface area contributed by atoms with E-state index in [1.807, 2.05) is 9.36 Å². The average Bonchev–Trinajstić information content (AvgIpc) is 3.34. The zero-order valence-corrected chi connectivity index (χ0v) is 17.4. The summed E-state index contributed by atoms with van der Waals surface area (Å²) in [6, 6.07) is 0. The summed E-state index contributed by atoms with van der Waals surface area (Å²) in [5.74, 6) is 0. The molecule has 6 nitrogen and oxygen atoms in total. The van der Waals surface area contributed by atoms with E-state index in [2.05, 4.69) is 46.9 Å². The Morgan fingerprint density at radius 1 is 0.556 bits per heavy atom. The van der Waals surface area contributed by atoms with E-state index in [9.17, 15) is 0 Å². The maximum Gasteiger partial charge on any atom is 0.0824 e. The van der Waals surface area contributed by atoms with Crippen molar-refractivity contribution in [3.63, 3.8) is 0 Å². The smallest absolute Gasteiger partial charge is 0.0824 e. The molecule has 0 saturated carbocycles. The Balaban J connectivity index is 1.31. The fourth-order valence-corrected chi connectivity index (χ4v) is 3.36. The molecule has 0 saturated heterocycles. The van der Waals surface area contributed by atoms with E-state index in [0.29, 0.717) is 0 Å². The molecule has 0 amide bonds. The van der Waals surface area contributed by atoms with E-state index in [-0.39, 0.29) is 0 Å². The van der Waals surface area contributed by atoms with Gasteiger partial charge in [0.05, 0.1) is 11.4 Å². The third-order valence-electron chi connectivity index (χ3n) is 5.17. The highest BCUT2D eigenvalue weighted by molar-refractivity contribution is 4.91. The van der Waals surface area contributed by atoms with Crippen LogP contribution in [0.2, 0.25) is 0 Å². The first kappa shape index (κ1) is 21.6. The Labute approximate surface area is 164 Å².